The van der Waals surface area contributed by atoms with Crippen LogP contribution in [0.2, 0.25) is 0 Å². The summed E-state index contributed by atoms with van der Waals surface area (Å²) in [6.45, 7) is 4.35. The van der Waals surface area contributed by atoms with Crippen molar-refractivity contribution < 1.29 is 4.74 Å². The molecule has 2 fully saturated rings. The highest BCUT2D eigenvalue weighted by Gasteiger charge is 2.35. The van der Waals surface area contributed by atoms with Gasteiger partial charge in [-0.15, -0.1) is 0 Å². The Kier molecular flexibility index (Phi) is 3.30. The molecule has 0 N–H and O–H groups in total. The van der Waals surface area contributed by atoms with Crippen molar-refractivity contribution in [3.8, 4) is 0 Å². The van der Waals surface area contributed by atoms with Crippen LogP contribution in [0.4, 0.5) is 0 Å². The van der Waals surface area contributed by atoms with Crippen molar-refractivity contribution in [2.75, 3.05) is 26.4 Å². The molecule has 1 saturated carbocycles. The maximum absolute atomic E-state index is 5.90. The third kappa shape index (κ3) is 2.33. The van der Waals surface area contributed by atoms with Gasteiger partial charge in [0.15, 0.2) is 0 Å². The Bertz CT molecular complexity index is 257. The van der Waals surface area contributed by atoms with E-state index in [9.17, 15) is 0 Å². The second-order valence-corrected chi connectivity index (χ2v) is 5.72. The minimum absolute atomic E-state index is 0.819. The van der Waals surface area contributed by atoms with E-state index >= 15 is 0 Å². The van der Waals surface area contributed by atoms with Crippen LogP contribution in [0.25, 0.3) is 0 Å². The van der Waals surface area contributed by atoms with Gasteiger partial charge in [0.05, 0.1) is 13.3 Å². The van der Waals surface area contributed by atoms with E-state index in [1.807, 2.05) is 0 Å². The lowest BCUT2D eigenvalue weighted by atomic mass is 9.95. The van der Waals surface area contributed by atoms with Crippen molar-refractivity contribution in [3.63, 3.8) is 0 Å². The Morgan fingerprint density at radius 2 is 1.94 bits per heavy atom. The molecule has 1 heterocycles. The fourth-order valence-corrected chi connectivity index (χ4v) is 3.51. The standard InChI is InChI=1S/C14H23NO/c1-2-6-15(7-3-1)11-16-10-14-9-12-4-5-13(14)8-12/h4-5,12-14H,1-3,6-11H2. The summed E-state index contributed by atoms with van der Waals surface area (Å²) in [5, 5.41) is 0. The van der Waals surface area contributed by atoms with Crippen molar-refractivity contribution >= 4 is 0 Å². The zero-order valence-electron chi connectivity index (χ0n) is 10.1. The number of allylic oxidation sites excluding steroid dienone is 2. The van der Waals surface area contributed by atoms with E-state index in [1.165, 1.54) is 45.2 Å². The molecule has 0 aromatic carbocycles. The van der Waals surface area contributed by atoms with Gasteiger partial charge in [-0.25, -0.2) is 0 Å². The summed E-state index contributed by atoms with van der Waals surface area (Å²) in [5.41, 5.74) is 0. The highest BCUT2D eigenvalue weighted by Crippen LogP contribution is 2.43. The van der Waals surface area contributed by atoms with Gasteiger partial charge in [-0.1, -0.05) is 18.6 Å². The summed E-state index contributed by atoms with van der Waals surface area (Å²) in [6, 6.07) is 0. The monoisotopic (exact) mass is 221 g/mol. The molecule has 2 bridgehead atoms. The van der Waals surface area contributed by atoms with Crippen molar-refractivity contribution in [1.29, 1.82) is 0 Å². The first-order valence-corrected chi connectivity index (χ1v) is 6.90. The van der Waals surface area contributed by atoms with Crippen LogP contribution in [0.3, 0.4) is 0 Å². The minimum Gasteiger partial charge on any atom is -0.366 e. The molecule has 90 valence electrons. The van der Waals surface area contributed by atoms with Crippen LogP contribution < -0.4 is 0 Å². The van der Waals surface area contributed by atoms with Crippen LogP contribution in [0.5, 0.6) is 0 Å². The number of ether oxygens (including phenoxy) is 1. The lowest BCUT2D eigenvalue weighted by Gasteiger charge is -2.27. The Morgan fingerprint density at radius 1 is 1.06 bits per heavy atom. The molecule has 0 spiro atoms. The van der Waals surface area contributed by atoms with Crippen LogP contribution >= 0.6 is 0 Å². The fraction of sp³-hybridized carbons (Fsp3) is 0.857. The number of nitrogens with zero attached hydrogens (tertiary/aromatic N) is 1. The Morgan fingerprint density at radius 3 is 2.62 bits per heavy atom. The first-order chi connectivity index (χ1) is 7.92. The van der Waals surface area contributed by atoms with Gasteiger partial charge in [0, 0.05) is 13.1 Å². The topological polar surface area (TPSA) is 12.5 Å². The molecule has 0 aromatic rings. The zero-order chi connectivity index (χ0) is 10.8. The molecule has 2 nitrogen and oxygen atoms in total. The number of fused-ring (bicyclic) bond motifs is 2. The normalized spacial score (nSPS) is 38.4. The molecule has 2 aliphatic carbocycles. The number of hydrogen-bond donors (Lipinski definition) is 0. The van der Waals surface area contributed by atoms with Gasteiger partial charge >= 0.3 is 0 Å². The predicted octanol–water partition coefficient (Wildman–Crippen LogP) is 2.66. The van der Waals surface area contributed by atoms with Crippen LogP contribution in [0.1, 0.15) is 32.1 Å². The van der Waals surface area contributed by atoms with E-state index in [4.69, 9.17) is 4.74 Å². The molecular weight excluding hydrogens is 198 g/mol. The van der Waals surface area contributed by atoms with Crippen molar-refractivity contribution in [2.24, 2.45) is 17.8 Å². The molecule has 0 amide bonds. The summed E-state index contributed by atoms with van der Waals surface area (Å²) in [7, 11) is 0. The molecule has 3 rings (SSSR count). The molecule has 2 heteroatoms. The van der Waals surface area contributed by atoms with Gasteiger partial charge < -0.3 is 4.74 Å². The van der Waals surface area contributed by atoms with Gasteiger partial charge in [0.1, 0.15) is 0 Å². The summed E-state index contributed by atoms with van der Waals surface area (Å²) in [4.78, 5) is 2.46. The highest BCUT2D eigenvalue weighted by molar-refractivity contribution is 5.09. The molecule has 3 atom stereocenters. The van der Waals surface area contributed by atoms with Gasteiger partial charge in [0.25, 0.3) is 0 Å². The average Bonchev–Trinajstić information content (AvgIpc) is 2.92. The third-order valence-corrected chi connectivity index (χ3v) is 4.47. The molecule has 0 aromatic heterocycles. The van der Waals surface area contributed by atoms with Crippen LogP contribution in [0, 0.1) is 17.8 Å². The molecule has 1 saturated heterocycles. The summed E-state index contributed by atoms with van der Waals surface area (Å²) in [5.74, 6) is 2.54. The lowest BCUT2D eigenvalue weighted by Crippen LogP contribution is -2.32. The van der Waals surface area contributed by atoms with Gasteiger partial charge in [-0.2, -0.15) is 0 Å². The second-order valence-electron chi connectivity index (χ2n) is 5.72. The van der Waals surface area contributed by atoms with Crippen molar-refractivity contribution in [3.05, 3.63) is 12.2 Å². The predicted molar refractivity (Wildman–Crippen MR) is 65.1 cm³/mol. The maximum atomic E-state index is 5.90. The Hall–Kier alpha value is -0.340. The summed E-state index contributed by atoms with van der Waals surface area (Å²) < 4.78 is 5.90. The molecular formula is C14H23NO. The SMILES string of the molecule is C1=CC2CC1CC2COCN1CCCCC1. The second kappa shape index (κ2) is 4.89. The first kappa shape index (κ1) is 10.8. The van der Waals surface area contributed by atoms with E-state index in [0.29, 0.717) is 0 Å². The molecule has 0 radical (unpaired) electrons. The zero-order valence-corrected chi connectivity index (χ0v) is 10.1. The number of piperidine rings is 1. The van der Waals surface area contributed by atoms with Gasteiger partial charge in [-0.3, -0.25) is 4.90 Å². The number of likely N-dealkylation sites (tertiary alicyclic amines) is 1. The Labute approximate surface area is 98.6 Å². The highest BCUT2D eigenvalue weighted by atomic mass is 16.5. The van der Waals surface area contributed by atoms with E-state index in [-0.39, 0.29) is 0 Å². The molecule has 1 aliphatic heterocycles. The van der Waals surface area contributed by atoms with Gasteiger partial charge in [-0.05, 0) is 43.4 Å². The minimum atomic E-state index is 0.819. The number of rotatable bonds is 4. The summed E-state index contributed by atoms with van der Waals surface area (Å²) >= 11 is 0. The van der Waals surface area contributed by atoms with Crippen LogP contribution in [-0.2, 0) is 4.74 Å². The quantitative estimate of drug-likeness (QED) is 0.677. The first-order valence-electron chi connectivity index (χ1n) is 6.90. The van der Waals surface area contributed by atoms with E-state index in [1.54, 1.807) is 0 Å². The van der Waals surface area contributed by atoms with Crippen LogP contribution in [0.15, 0.2) is 12.2 Å². The summed E-state index contributed by atoms with van der Waals surface area (Å²) in [6.07, 6.45) is 11.7. The average molecular weight is 221 g/mol. The molecule has 3 unspecified atom stereocenters. The molecule has 3 aliphatic rings. The number of hydrogen-bond acceptors (Lipinski definition) is 2. The molecule has 16 heavy (non-hydrogen) atoms. The van der Waals surface area contributed by atoms with E-state index in [2.05, 4.69) is 17.1 Å². The van der Waals surface area contributed by atoms with Crippen molar-refractivity contribution in [1.82, 2.24) is 4.90 Å². The van der Waals surface area contributed by atoms with Crippen molar-refractivity contribution in [2.45, 2.75) is 32.1 Å². The van der Waals surface area contributed by atoms with E-state index < -0.39 is 0 Å². The van der Waals surface area contributed by atoms with Gasteiger partial charge in [0.2, 0.25) is 0 Å². The smallest absolute Gasteiger partial charge is 0.0990 e. The largest absolute Gasteiger partial charge is 0.366 e. The Balaban J connectivity index is 1.36. The lowest BCUT2D eigenvalue weighted by molar-refractivity contribution is -0.000915. The van der Waals surface area contributed by atoms with Crippen LogP contribution in [-0.4, -0.2) is 31.3 Å². The fourth-order valence-electron chi connectivity index (χ4n) is 3.51. The maximum Gasteiger partial charge on any atom is 0.0990 e. The van der Waals surface area contributed by atoms with E-state index in [0.717, 1.165) is 31.1 Å². The third-order valence-electron chi connectivity index (χ3n) is 4.47.